The van der Waals surface area contributed by atoms with Gasteiger partial charge in [0, 0.05) is 0 Å². The highest BCUT2D eigenvalue weighted by Gasteiger charge is 2.28. The van der Waals surface area contributed by atoms with Crippen LogP contribution in [0.25, 0.3) is 0 Å². The summed E-state index contributed by atoms with van der Waals surface area (Å²) in [5.41, 5.74) is 6.12. The average molecular weight is 332 g/mol. The molecule has 3 N–H and O–H groups in total. The number of esters is 1. The van der Waals surface area contributed by atoms with E-state index >= 15 is 0 Å². The van der Waals surface area contributed by atoms with E-state index in [9.17, 15) is 9.90 Å². The second-order valence-electron chi connectivity index (χ2n) is 3.96. The molecule has 2 unspecified atom stereocenters. The Kier molecular flexibility index (Phi) is 4.28. The number of ether oxygens (including phenoxy) is 3. The highest BCUT2D eigenvalue weighted by molar-refractivity contribution is 9.10. The Labute approximate surface area is 118 Å². The van der Waals surface area contributed by atoms with Crippen LogP contribution in [0.5, 0.6) is 11.5 Å². The molecule has 1 aliphatic rings. The lowest BCUT2D eigenvalue weighted by atomic mass is 10.0. The molecule has 0 bridgehead atoms. The molecule has 0 amide bonds. The van der Waals surface area contributed by atoms with Crippen LogP contribution in [0.1, 0.15) is 18.6 Å². The third-order valence-corrected chi connectivity index (χ3v) is 3.28. The summed E-state index contributed by atoms with van der Waals surface area (Å²) < 4.78 is 15.9. The summed E-state index contributed by atoms with van der Waals surface area (Å²) in [7, 11) is 0. The van der Waals surface area contributed by atoms with Gasteiger partial charge in [0.15, 0.2) is 11.5 Å². The number of hydrogen-bond donors (Lipinski definition) is 2. The lowest BCUT2D eigenvalue weighted by molar-refractivity contribution is -0.147. The van der Waals surface area contributed by atoms with Crippen molar-refractivity contribution in [1.82, 2.24) is 0 Å². The van der Waals surface area contributed by atoms with E-state index in [1.807, 2.05) is 0 Å². The first-order chi connectivity index (χ1) is 9.04. The standard InChI is InChI=1S/C12H14BrNO5/c1-2-17-12(16)9(14)10(15)6-3-7(13)11-8(4-6)18-5-19-11/h3-4,9-10,15H,2,5,14H2,1H3. The lowest BCUT2D eigenvalue weighted by Crippen LogP contribution is -2.38. The Balaban J connectivity index is 2.22. The van der Waals surface area contributed by atoms with Crippen LogP contribution < -0.4 is 15.2 Å². The highest BCUT2D eigenvalue weighted by Crippen LogP contribution is 2.41. The zero-order valence-corrected chi connectivity index (χ0v) is 11.8. The SMILES string of the molecule is CCOC(=O)C(N)C(O)c1cc(Br)c2c(c1)OCO2. The fourth-order valence-electron chi connectivity index (χ4n) is 1.73. The van der Waals surface area contributed by atoms with Gasteiger partial charge in [-0.1, -0.05) is 0 Å². The molecule has 1 aromatic rings. The fraction of sp³-hybridized carbons (Fsp3) is 0.417. The molecular formula is C12H14BrNO5. The van der Waals surface area contributed by atoms with E-state index in [1.54, 1.807) is 19.1 Å². The highest BCUT2D eigenvalue weighted by atomic mass is 79.9. The maximum Gasteiger partial charge on any atom is 0.325 e. The monoisotopic (exact) mass is 331 g/mol. The van der Waals surface area contributed by atoms with Crippen LogP contribution >= 0.6 is 15.9 Å². The Hall–Kier alpha value is -1.31. The van der Waals surface area contributed by atoms with Crippen LogP contribution in [0.3, 0.4) is 0 Å². The summed E-state index contributed by atoms with van der Waals surface area (Å²) >= 11 is 3.31. The van der Waals surface area contributed by atoms with Crippen molar-refractivity contribution in [3.05, 3.63) is 22.2 Å². The number of benzene rings is 1. The number of rotatable bonds is 4. The molecule has 0 spiro atoms. The minimum absolute atomic E-state index is 0.122. The second kappa shape index (κ2) is 5.77. The first-order valence-corrected chi connectivity index (χ1v) is 6.53. The van der Waals surface area contributed by atoms with Crippen LogP contribution in [-0.4, -0.2) is 30.5 Å². The van der Waals surface area contributed by atoms with Gasteiger partial charge in [0.2, 0.25) is 6.79 Å². The lowest BCUT2D eigenvalue weighted by Gasteiger charge is -2.18. The third kappa shape index (κ3) is 2.83. The number of hydrogen-bond acceptors (Lipinski definition) is 6. The molecule has 2 atom stereocenters. The molecule has 0 saturated heterocycles. The van der Waals surface area contributed by atoms with Crippen LogP contribution in [0, 0.1) is 0 Å². The zero-order chi connectivity index (χ0) is 14.0. The van der Waals surface area contributed by atoms with E-state index in [2.05, 4.69) is 15.9 Å². The van der Waals surface area contributed by atoms with E-state index < -0.39 is 18.1 Å². The van der Waals surface area contributed by atoms with Gasteiger partial charge in [-0.05, 0) is 40.5 Å². The molecule has 0 radical (unpaired) electrons. The minimum Gasteiger partial charge on any atom is -0.465 e. The van der Waals surface area contributed by atoms with Gasteiger partial charge in [0.05, 0.1) is 11.1 Å². The Morgan fingerprint density at radius 2 is 2.32 bits per heavy atom. The van der Waals surface area contributed by atoms with Crippen LogP contribution in [0.2, 0.25) is 0 Å². The molecule has 1 aromatic carbocycles. The van der Waals surface area contributed by atoms with Gasteiger partial charge in [-0.2, -0.15) is 0 Å². The number of carbonyl (C=O) groups is 1. The van der Waals surface area contributed by atoms with Gasteiger partial charge in [-0.15, -0.1) is 0 Å². The smallest absolute Gasteiger partial charge is 0.325 e. The molecule has 0 saturated carbocycles. The molecule has 2 rings (SSSR count). The van der Waals surface area contributed by atoms with Crippen molar-refractivity contribution in [2.45, 2.75) is 19.1 Å². The summed E-state index contributed by atoms with van der Waals surface area (Å²) in [5, 5.41) is 10.1. The summed E-state index contributed by atoms with van der Waals surface area (Å²) in [6.45, 7) is 2.01. The van der Waals surface area contributed by atoms with Crippen molar-refractivity contribution in [2.75, 3.05) is 13.4 Å². The number of carbonyl (C=O) groups excluding carboxylic acids is 1. The summed E-state index contributed by atoms with van der Waals surface area (Å²) in [5.74, 6) is 0.420. The first-order valence-electron chi connectivity index (χ1n) is 5.74. The van der Waals surface area contributed by atoms with E-state index in [-0.39, 0.29) is 13.4 Å². The van der Waals surface area contributed by atoms with Crippen molar-refractivity contribution in [1.29, 1.82) is 0 Å². The van der Waals surface area contributed by atoms with Crippen molar-refractivity contribution in [3.63, 3.8) is 0 Å². The van der Waals surface area contributed by atoms with Gasteiger partial charge in [-0.3, -0.25) is 4.79 Å². The molecule has 19 heavy (non-hydrogen) atoms. The van der Waals surface area contributed by atoms with Gasteiger partial charge in [-0.25, -0.2) is 0 Å². The van der Waals surface area contributed by atoms with Gasteiger partial charge >= 0.3 is 5.97 Å². The van der Waals surface area contributed by atoms with E-state index in [0.29, 0.717) is 21.5 Å². The average Bonchev–Trinajstić information content (AvgIpc) is 2.86. The second-order valence-corrected chi connectivity index (χ2v) is 4.81. The number of halogens is 1. The fourth-order valence-corrected chi connectivity index (χ4v) is 2.31. The van der Waals surface area contributed by atoms with Gasteiger partial charge in [0.1, 0.15) is 12.1 Å². The van der Waals surface area contributed by atoms with E-state index in [1.165, 1.54) is 0 Å². The van der Waals surface area contributed by atoms with Crippen LogP contribution in [-0.2, 0) is 9.53 Å². The van der Waals surface area contributed by atoms with Crippen molar-refractivity contribution in [3.8, 4) is 11.5 Å². The summed E-state index contributed by atoms with van der Waals surface area (Å²) in [4.78, 5) is 11.5. The first kappa shape index (κ1) is 14.1. The van der Waals surface area contributed by atoms with Crippen molar-refractivity contribution < 1.29 is 24.1 Å². The molecule has 1 heterocycles. The Morgan fingerprint density at radius 1 is 1.58 bits per heavy atom. The molecule has 6 nitrogen and oxygen atoms in total. The molecule has 7 heteroatoms. The van der Waals surface area contributed by atoms with E-state index in [0.717, 1.165) is 0 Å². The third-order valence-electron chi connectivity index (χ3n) is 2.69. The zero-order valence-electron chi connectivity index (χ0n) is 10.3. The number of aliphatic hydroxyl groups excluding tert-OH is 1. The van der Waals surface area contributed by atoms with Crippen LogP contribution in [0.15, 0.2) is 16.6 Å². The molecule has 0 aromatic heterocycles. The maximum absolute atomic E-state index is 11.5. The predicted octanol–water partition coefficient (Wildman–Crippen LogP) is 1.10. The van der Waals surface area contributed by atoms with Crippen molar-refractivity contribution in [2.24, 2.45) is 5.73 Å². The van der Waals surface area contributed by atoms with Gasteiger partial charge in [0.25, 0.3) is 0 Å². The largest absolute Gasteiger partial charge is 0.465 e. The van der Waals surface area contributed by atoms with Crippen molar-refractivity contribution >= 4 is 21.9 Å². The number of aliphatic hydroxyl groups is 1. The number of nitrogens with two attached hydrogens (primary N) is 1. The molecule has 0 aliphatic carbocycles. The Morgan fingerprint density at radius 3 is 3.00 bits per heavy atom. The summed E-state index contributed by atoms with van der Waals surface area (Å²) in [6.07, 6.45) is -1.18. The normalized spacial score (nSPS) is 16.0. The van der Waals surface area contributed by atoms with Gasteiger partial charge < -0.3 is 25.1 Å². The Bertz CT molecular complexity index is 493. The molecule has 1 aliphatic heterocycles. The molecule has 104 valence electrons. The topological polar surface area (TPSA) is 91.0 Å². The quantitative estimate of drug-likeness (QED) is 0.803. The summed E-state index contributed by atoms with van der Waals surface area (Å²) in [6, 6.07) is 2.08. The maximum atomic E-state index is 11.5. The molecular weight excluding hydrogens is 318 g/mol. The van der Waals surface area contributed by atoms with Crippen LogP contribution in [0.4, 0.5) is 0 Å². The number of fused-ring (bicyclic) bond motifs is 1. The minimum atomic E-state index is -1.18. The van der Waals surface area contributed by atoms with E-state index in [4.69, 9.17) is 19.9 Å². The molecule has 0 fully saturated rings. The predicted molar refractivity (Wildman–Crippen MR) is 69.8 cm³/mol.